The van der Waals surface area contributed by atoms with Crippen LogP contribution in [-0.2, 0) is 9.50 Å². The molecule has 5 heteroatoms. The van der Waals surface area contributed by atoms with Crippen LogP contribution in [0, 0.1) is 0 Å². The van der Waals surface area contributed by atoms with E-state index in [2.05, 4.69) is 5.32 Å². The first-order valence-electron chi connectivity index (χ1n) is 4.58. The van der Waals surface area contributed by atoms with Crippen molar-refractivity contribution in [3.05, 3.63) is 0 Å². The second-order valence-corrected chi connectivity index (χ2v) is 2.22. The van der Waals surface area contributed by atoms with Crippen molar-refractivity contribution in [2.75, 3.05) is 6.54 Å². The van der Waals surface area contributed by atoms with E-state index in [0.717, 1.165) is 26.5 Å². The van der Waals surface area contributed by atoms with Gasteiger partial charge in [-0.2, -0.15) is 0 Å². The van der Waals surface area contributed by atoms with Gasteiger partial charge in [-0.05, 0) is 19.4 Å². The molecule has 76 valence electrons. The predicted octanol–water partition coefficient (Wildman–Crippen LogP) is 0.933. The van der Waals surface area contributed by atoms with E-state index in [-0.39, 0.29) is 6.04 Å². The average molecular weight is 187 g/mol. The maximum atomic E-state index is 10.1. The summed E-state index contributed by atoms with van der Waals surface area (Å²) in [6, 6.07) is -0.269. The monoisotopic (exact) mass is 187 g/mol. The molecule has 1 rings (SSSR count). The summed E-state index contributed by atoms with van der Waals surface area (Å²) >= 11 is 0. The van der Waals surface area contributed by atoms with Crippen LogP contribution >= 0.6 is 0 Å². The van der Waals surface area contributed by atoms with Gasteiger partial charge in [-0.25, -0.2) is 0 Å². The Morgan fingerprint density at radius 2 is 2.00 bits per heavy atom. The fourth-order valence-corrected chi connectivity index (χ4v) is 0.895. The van der Waals surface area contributed by atoms with E-state index >= 15 is 0 Å². The summed E-state index contributed by atoms with van der Waals surface area (Å²) in [5, 5.41) is 11.2. The van der Waals surface area contributed by atoms with Crippen LogP contribution in [0.25, 0.3) is 0 Å². The van der Waals surface area contributed by atoms with Gasteiger partial charge in [0, 0.05) is 0 Å². The van der Waals surface area contributed by atoms with E-state index in [9.17, 15) is 4.79 Å². The number of carbonyl (C=O) groups is 1. The molecule has 1 unspecified atom stereocenters. The smallest absolute Gasteiger partial charge is 0.320 e. The Morgan fingerprint density at radius 3 is 2.15 bits per heavy atom. The number of carboxylic acid groups (broad SMARTS) is 1. The third-order valence-corrected chi connectivity index (χ3v) is 1.36. The molecule has 0 aromatic heterocycles. The van der Waals surface area contributed by atoms with E-state index in [0.29, 0.717) is 0 Å². The molecular weight excluding hydrogens is 169 g/mol. The van der Waals surface area contributed by atoms with Crippen LogP contribution in [0.3, 0.4) is 0 Å². The van der Waals surface area contributed by atoms with E-state index in [1.807, 2.05) is 13.8 Å². The van der Waals surface area contributed by atoms with Gasteiger partial charge in [0.1, 0.15) is 6.04 Å². The summed E-state index contributed by atoms with van der Waals surface area (Å²) in [6.45, 7) is 6.30. The summed E-state index contributed by atoms with van der Waals surface area (Å²) < 4.78 is 8.81. The zero-order valence-electron chi connectivity index (χ0n) is 8.54. The van der Waals surface area contributed by atoms with E-state index < -0.39 is 5.97 Å². The molecule has 0 amide bonds. The van der Waals surface area contributed by atoms with Crippen molar-refractivity contribution in [3.8, 4) is 0 Å². The Balaban J connectivity index is 0. The van der Waals surface area contributed by atoms with Gasteiger partial charge in [-0.1, -0.05) is 13.8 Å². The van der Waals surface area contributed by atoms with Crippen molar-refractivity contribution >= 4 is 13.1 Å². The topological polar surface area (TPSA) is 66.4 Å². The van der Waals surface area contributed by atoms with E-state index in [4.69, 9.17) is 9.81 Å². The fourth-order valence-electron chi connectivity index (χ4n) is 0.895. The van der Waals surface area contributed by atoms with Gasteiger partial charge < -0.3 is 10.4 Å². The van der Waals surface area contributed by atoms with Gasteiger partial charge in [0.15, 0.2) is 0 Å². The minimum Gasteiger partial charge on any atom is -0.480 e. The SMILES string of the molecule is CB=O.CC.O=C(O)C1CCCN1. The van der Waals surface area contributed by atoms with Gasteiger partial charge in [0.2, 0.25) is 0 Å². The Hall–Kier alpha value is -0.705. The Labute approximate surface area is 80.0 Å². The zero-order chi connectivity index (χ0) is 10.7. The molecule has 1 atom stereocenters. The molecule has 0 saturated carbocycles. The summed E-state index contributed by atoms with van der Waals surface area (Å²) in [4.78, 5) is 10.1. The second-order valence-electron chi connectivity index (χ2n) is 2.22. The third-order valence-electron chi connectivity index (χ3n) is 1.36. The van der Waals surface area contributed by atoms with Crippen LogP contribution in [0.5, 0.6) is 0 Å². The molecule has 2 N–H and O–H groups in total. The van der Waals surface area contributed by atoms with Crippen molar-refractivity contribution in [1.29, 1.82) is 0 Å². The summed E-state index contributed by atoms with van der Waals surface area (Å²) in [7, 11) is 0.750. The molecule has 4 nitrogen and oxygen atoms in total. The molecular formula is C8H18BNO3. The number of aliphatic carboxylic acids is 1. The van der Waals surface area contributed by atoms with Crippen LogP contribution < -0.4 is 5.32 Å². The zero-order valence-corrected chi connectivity index (χ0v) is 8.54. The maximum absolute atomic E-state index is 10.1. The van der Waals surface area contributed by atoms with Crippen molar-refractivity contribution < 1.29 is 14.6 Å². The van der Waals surface area contributed by atoms with Gasteiger partial charge in [-0.15, -0.1) is 0 Å². The molecule has 1 aliphatic rings. The van der Waals surface area contributed by atoms with Crippen molar-refractivity contribution in [2.24, 2.45) is 0 Å². The number of nitrogens with one attached hydrogen (secondary N) is 1. The Bertz CT molecular complexity index is 135. The van der Waals surface area contributed by atoms with Gasteiger partial charge in [0.25, 0.3) is 0 Å². The summed E-state index contributed by atoms with van der Waals surface area (Å²) in [5.41, 5.74) is 0. The predicted molar refractivity (Wildman–Crippen MR) is 52.3 cm³/mol. The quantitative estimate of drug-likeness (QED) is 0.599. The van der Waals surface area contributed by atoms with Gasteiger partial charge >= 0.3 is 24.6 Å². The fraction of sp³-hybridized carbons (Fsp3) is 0.875. The largest absolute Gasteiger partial charge is 0.480 e. The van der Waals surface area contributed by atoms with Crippen LogP contribution in [0.4, 0.5) is 0 Å². The second kappa shape index (κ2) is 11.3. The average Bonchev–Trinajstić information content (AvgIpc) is 2.61. The molecule has 0 aromatic rings. The van der Waals surface area contributed by atoms with E-state index in [1.165, 1.54) is 6.82 Å². The summed E-state index contributed by atoms with van der Waals surface area (Å²) in [6.07, 6.45) is 1.78. The normalized spacial score (nSPS) is 18.5. The third kappa shape index (κ3) is 9.21. The van der Waals surface area contributed by atoms with Crippen molar-refractivity contribution in [1.82, 2.24) is 5.32 Å². The molecule has 1 heterocycles. The first-order valence-corrected chi connectivity index (χ1v) is 4.58. The number of hydrogen-bond donors (Lipinski definition) is 2. The minimum atomic E-state index is -0.720. The van der Waals surface area contributed by atoms with Crippen LogP contribution in [-0.4, -0.2) is 30.8 Å². The first kappa shape index (κ1) is 14.8. The molecule has 0 aromatic carbocycles. The first-order chi connectivity index (χ1) is 6.22. The molecule has 0 bridgehead atoms. The van der Waals surface area contributed by atoms with Gasteiger partial charge in [-0.3, -0.25) is 4.79 Å². The number of hydrogen-bond acceptors (Lipinski definition) is 3. The molecule has 1 saturated heterocycles. The number of rotatable bonds is 1. The Kier molecular flexibility index (Phi) is 12.9. The van der Waals surface area contributed by atoms with Crippen molar-refractivity contribution in [2.45, 2.75) is 39.6 Å². The Morgan fingerprint density at radius 1 is 1.54 bits per heavy atom. The molecule has 1 fully saturated rings. The number of carboxylic acids is 1. The molecule has 0 radical (unpaired) electrons. The standard InChI is InChI=1S/C5H9NO2.C2H6.CH3BO/c7-5(8)4-2-1-3-6-4;1-2;1-2-3/h4,6H,1-3H2,(H,7,8);1-2H3;1H3. The molecule has 13 heavy (non-hydrogen) atoms. The molecule has 0 spiro atoms. The molecule has 1 aliphatic heterocycles. The maximum Gasteiger partial charge on any atom is 0.320 e. The van der Waals surface area contributed by atoms with Crippen LogP contribution in [0.15, 0.2) is 0 Å². The van der Waals surface area contributed by atoms with Crippen LogP contribution in [0.1, 0.15) is 26.7 Å². The van der Waals surface area contributed by atoms with Crippen LogP contribution in [0.2, 0.25) is 6.82 Å². The summed E-state index contributed by atoms with van der Waals surface area (Å²) in [5.74, 6) is -0.720. The van der Waals surface area contributed by atoms with Crippen molar-refractivity contribution in [3.63, 3.8) is 0 Å². The minimum absolute atomic E-state index is 0.269. The molecule has 0 aliphatic carbocycles. The van der Waals surface area contributed by atoms with E-state index in [1.54, 1.807) is 0 Å². The van der Waals surface area contributed by atoms with Gasteiger partial charge in [0.05, 0.1) is 0 Å².